The standard InChI is InChI=1S/C15H7Cl2NO5/c16-8-2-3-9(17)15-13(8)14(20)12(23-15)6-7-1-4-11(19)10(5-7)18(21)22/h1-6,19H. The van der Waals surface area contributed by atoms with Gasteiger partial charge in [-0.3, -0.25) is 14.9 Å². The van der Waals surface area contributed by atoms with E-state index < -0.39 is 22.1 Å². The minimum atomic E-state index is -0.725. The van der Waals surface area contributed by atoms with E-state index in [2.05, 4.69) is 0 Å². The molecule has 2 aromatic rings. The number of nitro benzene ring substituents is 1. The van der Waals surface area contributed by atoms with E-state index in [0.717, 1.165) is 12.1 Å². The maximum absolute atomic E-state index is 12.3. The molecule has 0 atom stereocenters. The molecule has 0 radical (unpaired) electrons. The Kier molecular flexibility index (Phi) is 3.71. The molecule has 0 amide bonds. The van der Waals surface area contributed by atoms with Crippen LogP contribution in [0.1, 0.15) is 15.9 Å². The highest BCUT2D eigenvalue weighted by Gasteiger charge is 2.32. The minimum Gasteiger partial charge on any atom is -0.502 e. The van der Waals surface area contributed by atoms with Gasteiger partial charge in [0.15, 0.2) is 17.3 Å². The topological polar surface area (TPSA) is 89.7 Å². The van der Waals surface area contributed by atoms with Crippen molar-refractivity contribution >= 4 is 40.7 Å². The second-order valence-corrected chi connectivity index (χ2v) is 5.49. The number of nitro groups is 1. The van der Waals surface area contributed by atoms with E-state index >= 15 is 0 Å². The molecule has 0 aliphatic carbocycles. The lowest BCUT2D eigenvalue weighted by Gasteiger charge is -2.01. The van der Waals surface area contributed by atoms with Crippen molar-refractivity contribution in [1.29, 1.82) is 0 Å². The molecule has 0 bridgehead atoms. The number of carbonyl (C=O) groups is 1. The van der Waals surface area contributed by atoms with E-state index in [1.807, 2.05) is 0 Å². The number of phenolic OH excluding ortho intramolecular Hbond substituents is 1. The Labute approximate surface area is 139 Å². The third kappa shape index (κ3) is 2.62. The van der Waals surface area contributed by atoms with Crippen molar-refractivity contribution in [1.82, 2.24) is 0 Å². The van der Waals surface area contributed by atoms with Gasteiger partial charge in [-0.25, -0.2) is 0 Å². The van der Waals surface area contributed by atoms with Crippen molar-refractivity contribution in [2.24, 2.45) is 0 Å². The number of nitrogens with zero attached hydrogens (tertiary/aromatic N) is 1. The molecule has 0 fully saturated rings. The molecule has 8 heteroatoms. The molecule has 0 saturated heterocycles. The third-order valence-electron chi connectivity index (χ3n) is 3.22. The summed E-state index contributed by atoms with van der Waals surface area (Å²) in [7, 11) is 0. The predicted octanol–water partition coefficient (Wildman–Crippen LogP) is 4.22. The molecular weight excluding hydrogens is 345 g/mol. The normalized spacial score (nSPS) is 14.7. The van der Waals surface area contributed by atoms with Crippen LogP contribution in [-0.4, -0.2) is 15.8 Å². The number of benzene rings is 2. The van der Waals surface area contributed by atoms with Gasteiger partial charge in [0.05, 0.1) is 20.5 Å². The Bertz CT molecular complexity index is 892. The summed E-state index contributed by atoms with van der Waals surface area (Å²) in [6.07, 6.45) is 1.32. The summed E-state index contributed by atoms with van der Waals surface area (Å²) < 4.78 is 5.43. The van der Waals surface area contributed by atoms with Gasteiger partial charge in [0.1, 0.15) is 0 Å². The number of fused-ring (bicyclic) bond motifs is 1. The molecule has 0 spiro atoms. The number of halogens is 2. The first-order valence-corrected chi connectivity index (χ1v) is 7.03. The number of allylic oxidation sites excluding steroid dienone is 1. The third-order valence-corrected chi connectivity index (χ3v) is 3.83. The zero-order valence-corrected chi connectivity index (χ0v) is 12.8. The molecule has 1 aliphatic rings. The maximum Gasteiger partial charge on any atom is 0.311 e. The largest absolute Gasteiger partial charge is 0.502 e. The van der Waals surface area contributed by atoms with Gasteiger partial charge in [0.25, 0.3) is 0 Å². The zero-order chi connectivity index (χ0) is 16.7. The van der Waals surface area contributed by atoms with Gasteiger partial charge in [-0.1, -0.05) is 29.3 Å². The Morgan fingerprint density at radius 1 is 1.17 bits per heavy atom. The van der Waals surface area contributed by atoms with Crippen LogP contribution in [-0.2, 0) is 0 Å². The number of hydrogen-bond donors (Lipinski definition) is 1. The summed E-state index contributed by atoms with van der Waals surface area (Å²) in [4.78, 5) is 22.5. The van der Waals surface area contributed by atoms with E-state index in [1.54, 1.807) is 0 Å². The first kappa shape index (κ1) is 15.3. The van der Waals surface area contributed by atoms with E-state index in [1.165, 1.54) is 24.3 Å². The van der Waals surface area contributed by atoms with Crippen molar-refractivity contribution in [2.45, 2.75) is 0 Å². The molecule has 0 saturated carbocycles. The number of aromatic hydroxyl groups is 1. The quantitative estimate of drug-likeness (QED) is 0.496. The fourth-order valence-electron chi connectivity index (χ4n) is 2.15. The lowest BCUT2D eigenvalue weighted by atomic mass is 10.1. The molecule has 1 heterocycles. The SMILES string of the molecule is O=C1C(=Cc2ccc(O)c([N+](=O)[O-])c2)Oc2c(Cl)ccc(Cl)c21. The second-order valence-electron chi connectivity index (χ2n) is 4.68. The highest BCUT2D eigenvalue weighted by Crippen LogP contribution is 2.42. The van der Waals surface area contributed by atoms with Crippen LogP contribution in [0.2, 0.25) is 10.0 Å². The monoisotopic (exact) mass is 351 g/mol. The van der Waals surface area contributed by atoms with Crippen LogP contribution in [0.4, 0.5) is 5.69 Å². The van der Waals surface area contributed by atoms with Crippen LogP contribution in [0.3, 0.4) is 0 Å². The van der Waals surface area contributed by atoms with Crippen LogP contribution >= 0.6 is 23.2 Å². The Morgan fingerprint density at radius 2 is 1.87 bits per heavy atom. The van der Waals surface area contributed by atoms with Crippen LogP contribution in [0.15, 0.2) is 36.1 Å². The molecule has 116 valence electrons. The first-order chi connectivity index (χ1) is 10.9. The average molecular weight is 352 g/mol. The zero-order valence-electron chi connectivity index (χ0n) is 11.2. The summed E-state index contributed by atoms with van der Waals surface area (Å²) in [6.45, 7) is 0. The van der Waals surface area contributed by atoms with Gasteiger partial charge >= 0.3 is 5.69 Å². The highest BCUT2D eigenvalue weighted by molar-refractivity contribution is 6.39. The van der Waals surface area contributed by atoms with Crippen LogP contribution in [0, 0.1) is 10.1 Å². The summed E-state index contributed by atoms with van der Waals surface area (Å²) in [5, 5.41) is 20.7. The number of hydrogen-bond acceptors (Lipinski definition) is 5. The van der Waals surface area contributed by atoms with Crippen molar-refractivity contribution in [3.05, 3.63) is 67.4 Å². The molecule has 6 nitrogen and oxygen atoms in total. The molecule has 0 aromatic heterocycles. The van der Waals surface area contributed by atoms with Gasteiger partial charge in [0.2, 0.25) is 5.78 Å². The summed E-state index contributed by atoms with van der Waals surface area (Å²) in [6, 6.07) is 6.70. The van der Waals surface area contributed by atoms with Crippen LogP contribution in [0.5, 0.6) is 11.5 Å². The summed E-state index contributed by atoms with van der Waals surface area (Å²) >= 11 is 12.0. The Hall–Kier alpha value is -2.57. The fraction of sp³-hybridized carbons (Fsp3) is 0. The molecule has 2 aromatic carbocycles. The predicted molar refractivity (Wildman–Crippen MR) is 84.2 cm³/mol. The number of phenols is 1. The molecular formula is C15H7Cl2NO5. The van der Waals surface area contributed by atoms with Gasteiger partial charge in [-0.15, -0.1) is 0 Å². The first-order valence-electron chi connectivity index (χ1n) is 6.28. The van der Waals surface area contributed by atoms with E-state index in [9.17, 15) is 20.0 Å². The number of ether oxygens (including phenoxy) is 1. The van der Waals surface area contributed by atoms with Crippen molar-refractivity contribution in [2.75, 3.05) is 0 Å². The molecule has 3 rings (SSSR count). The summed E-state index contributed by atoms with van der Waals surface area (Å²) in [5.41, 5.74) is -0.00466. The number of Topliss-reactive ketones (excluding diaryl/α,β-unsaturated/α-hetero) is 1. The smallest absolute Gasteiger partial charge is 0.311 e. The highest BCUT2D eigenvalue weighted by atomic mass is 35.5. The molecule has 1 aliphatic heterocycles. The molecule has 0 unspecified atom stereocenters. The van der Waals surface area contributed by atoms with Gasteiger partial charge in [-0.05, 0) is 29.8 Å². The lowest BCUT2D eigenvalue weighted by molar-refractivity contribution is -0.385. The average Bonchev–Trinajstić information content (AvgIpc) is 2.83. The van der Waals surface area contributed by atoms with E-state index in [0.29, 0.717) is 5.56 Å². The van der Waals surface area contributed by atoms with Crippen molar-refractivity contribution < 1.29 is 19.6 Å². The van der Waals surface area contributed by atoms with Crippen molar-refractivity contribution in [3.8, 4) is 11.5 Å². The number of ketones is 1. The van der Waals surface area contributed by atoms with Crippen molar-refractivity contribution in [3.63, 3.8) is 0 Å². The summed E-state index contributed by atoms with van der Waals surface area (Å²) in [5.74, 6) is -0.841. The van der Waals surface area contributed by atoms with Crippen LogP contribution in [0.25, 0.3) is 6.08 Å². The van der Waals surface area contributed by atoms with E-state index in [4.69, 9.17) is 27.9 Å². The number of carbonyl (C=O) groups excluding carboxylic acids is 1. The van der Waals surface area contributed by atoms with E-state index in [-0.39, 0.29) is 27.1 Å². The molecule has 23 heavy (non-hydrogen) atoms. The Morgan fingerprint density at radius 3 is 2.52 bits per heavy atom. The molecule has 1 N–H and O–H groups in total. The Balaban J connectivity index is 2.05. The second kappa shape index (κ2) is 5.57. The maximum atomic E-state index is 12.3. The number of rotatable bonds is 2. The lowest BCUT2D eigenvalue weighted by Crippen LogP contribution is -1.99. The van der Waals surface area contributed by atoms with Gasteiger partial charge in [0, 0.05) is 6.07 Å². The van der Waals surface area contributed by atoms with Gasteiger partial charge in [-0.2, -0.15) is 0 Å². The van der Waals surface area contributed by atoms with Gasteiger partial charge < -0.3 is 9.84 Å². The fourth-order valence-corrected chi connectivity index (χ4v) is 2.58. The minimum absolute atomic E-state index is 0.0602. The van der Waals surface area contributed by atoms with Crippen LogP contribution < -0.4 is 4.74 Å².